The van der Waals surface area contributed by atoms with E-state index in [-0.39, 0.29) is 5.91 Å². The van der Waals surface area contributed by atoms with Gasteiger partial charge in [0.15, 0.2) is 0 Å². The van der Waals surface area contributed by atoms with Gasteiger partial charge < -0.3 is 0 Å². The number of ether oxygens (including phenoxy) is 1. The van der Waals surface area contributed by atoms with Crippen LogP contribution in [0.15, 0.2) is 81.3 Å². The topological polar surface area (TPSA) is 63.8 Å². The number of hydrogen-bond acceptors (Lipinski definition) is 4. The number of methoxy groups -OCH3 is 1. The average molecular weight is 458 g/mol. The number of nitrogens with one attached hydrogen (secondary N) is 1. The van der Waals surface area contributed by atoms with Gasteiger partial charge in [-0.1, -0.05) is 18.2 Å². The number of furan rings is 1. The fourth-order valence-electron chi connectivity index (χ4n) is 3.36. The van der Waals surface area contributed by atoms with Crippen molar-refractivity contribution in [2.24, 2.45) is 3.91 Å². The van der Waals surface area contributed by atoms with Crippen molar-refractivity contribution in [3.05, 3.63) is 89.9 Å². The summed E-state index contributed by atoms with van der Waals surface area (Å²) in [6, 6.07) is 21.2. The Morgan fingerprint density at radius 3 is 2.73 bits per heavy atom. The number of carbonyl (C=O) groups excluding carboxylic acids is 1. The molecule has 148 valence electrons. The molecular formula is C24H19AsN2O3. The zero-order valence-corrected chi connectivity index (χ0v) is 18.2. The molecule has 2 radical (unpaired) electrons. The predicted octanol–water partition coefficient (Wildman–Crippen LogP) is 5.00. The summed E-state index contributed by atoms with van der Waals surface area (Å²) in [6.07, 6.45) is 3.48. The Bertz CT molecular complexity index is 1220. The van der Waals surface area contributed by atoms with Crippen molar-refractivity contribution in [2.45, 2.75) is 6.61 Å². The number of carbonyl (C=O) groups is 1. The molecule has 4 rings (SSSR count). The molecule has 0 aliphatic heterocycles. The van der Waals surface area contributed by atoms with Crippen LogP contribution < -0.4 is 5.32 Å². The van der Waals surface area contributed by atoms with Crippen LogP contribution in [-0.2, 0) is 11.3 Å². The quantitative estimate of drug-likeness (QED) is 0.327. The second-order valence-corrected chi connectivity index (χ2v) is 7.29. The molecule has 4 aromatic rings. The van der Waals surface area contributed by atoms with Crippen LogP contribution in [0.25, 0.3) is 21.9 Å². The molecule has 1 aromatic heterocycles. The van der Waals surface area contributed by atoms with E-state index in [1.807, 2.05) is 60.7 Å². The number of fused-ring (bicyclic) bond motifs is 1. The Kier molecular flexibility index (Phi) is 6.12. The first-order valence-electron chi connectivity index (χ1n) is 9.36. The summed E-state index contributed by atoms with van der Waals surface area (Å²) >= 11 is 2.19. The second kappa shape index (κ2) is 9.12. The normalized spacial score (nSPS) is 11.3. The van der Waals surface area contributed by atoms with Crippen LogP contribution in [0.5, 0.6) is 0 Å². The van der Waals surface area contributed by atoms with E-state index in [9.17, 15) is 4.79 Å². The van der Waals surface area contributed by atoms with Crippen LogP contribution >= 0.6 is 0 Å². The van der Waals surface area contributed by atoms with Crippen LogP contribution in [0.1, 0.15) is 21.7 Å². The SMILES string of the molecule is COCc1cc(-c2cc(C(=O)Nc3ccccc3)cc3ccc(C=N[As])cc23)co1. The molecule has 0 aliphatic rings. The van der Waals surface area contributed by atoms with Crippen LogP contribution in [0.2, 0.25) is 0 Å². The minimum absolute atomic E-state index is 0.165. The first kappa shape index (κ1) is 20.1. The van der Waals surface area contributed by atoms with Gasteiger partial charge in [0, 0.05) is 0 Å². The molecule has 3 aromatic carbocycles. The van der Waals surface area contributed by atoms with E-state index in [2.05, 4.69) is 32.4 Å². The average Bonchev–Trinajstić information content (AvgIpc) is 3.22. The van der Waals surface area contributed by atoms with Crippen molar-refractivity contribution in [1.82, 2.24) is 0 Å². The van der Waals surface area contributed by atoms with Crippen molar-refractivity contribution < 1.29 is 13.9 Å². The summed E-state index contributed by atoms with van der Waals surface area (Å²) in [5, 5.41) is 4.93. The Labute approximate surface area is 183 Å². The zero-order chi connectivity index (χ0) is 20.9. The van der Waals surface area contributed by atoms with Crippen molar-refractivity contribution in [2.75, 3.05) is 12.4 Å². The van der Waals surface area contributed by atoms with Gasteiger partial charge in [-0.2, -0.15) is 0 Å². The molecular weight excluding hydrogens is 439 g/mol. The van der Waals surface area contributed by atoms with Gasteiger partial charge in [0.25, 0.3) is 0 Å². The monoisotopic (exact) mass is 458 g/mol. The fourth-order valence-corrected chi connectivity index (χ4v) is 3.64. The van der Waals surface area contributed by atoms with Crippen LogP contribution in [0, 0.1) is 0 Å². The molecule has 0 bridgehead atoms. The van der Waals surface area contributed by atoms with E-state index in [1.165, 1.54) is 0 Å². The number of rotatable bonds is 6. The summed E-state index contributed by atoms with van der Waals surface area (Å²) in [6.45, 7) is 0.387. The third-order valence-electron chi connectivity index (χ3n) is 4.73. The third-order valence-corrected chi connectivity index (χ3v) is 4.97. The van der Waals surface area contributed by atoms with E-state index < -0.39 is 0 Å². The maximum absolute atomic E-state index is 12.9. The fraction of sp³-hybridized carbons (Fsp3) is 0.0833. The molecule has 30 heavy (non-hydrogen) atoms. The van der Waals surface area contributed by atoms with E-state index in [0.717, 1.165) is 38.9 Å². The summed E-state index contributed by atoms with van der Waals surface area (Å²) in [5.41, 5.74) is 4.11. The number of anilines is 1. The Morgan fingerprint density at radius 2 is 1.97 bits per heavy atom. The van der Waals surface area contributed by atoms with Crippen LogP contribution in [0.4, 0.5) is 5.69 Å². The number of amides is 1. The van der Waals surface area contributed by atoms with Gasteiger partial charge in [-0.25, -0.2) is 0 Å². The first-order valence-corrected chi connectivity index (χ1v) is 10.2. The Balaban J connectivity index is 1.82. The number of nitrogens with zero attached hydrogens (tertiary/aromatic N) is 1. The molecule has 1 N–H and O–H groups in total. The van der Waals surface area contributed by atoms with Crippen molar-refractivity contribution in [1.29, 1.82) is 0 Å². The van der Waals surface area contributed by atoms with Crippen LogP contribution in [-0.4, -0.2) is 36.3 Å². The zero-order valence-electron chi connectivity index (χ0n) is 16.3. The minimum atomic E-state index is -0.165. The molecule has 1 heterocycles. The van der Waals surface area contributed by atoms with Gasteiger partial charge in [-0.3, -0.25) is 0 Å². The van der Waals surface area contributed by atoms with Crippen molar-refractivity contribution in [3.8, 4) is 11.1 Å². The molecule has 0 atom stereocenters. The molecule has 0 fully saturated rings. The molecule has 5 nitrogen and oxygen atoms in total. The molecule has 0 unspecified atom stereocenters. The van der Waals surface area contributed by atoms with E-state index in [4.69, 9.17) is 9.15 Å². The van der Waals surface area contributed by atoms with Gasteiger partial charge in [0.2, 0.25) is 0 Å². The summed E-state index contributed by atoms with van der Waals surface area (Å²) in [5.74, 6) is 0.560. The summed E-state index contributed by atoms with van der Waals surface area (Å²) < 4.78 is 14.8. The van der Waals surface area contributed by atoms with Crippen LogP contribution in [0.3, 0.4) is 0 Å². The van der Waals surface area contributed by atoms with Crippen molar-refractivity contribution >= 4 is 45.7 Å². The molecule has 1 amide bonds. The standard InChI is InChI=1S/C24H19AsN2O3/c1-29-15-21-11-19(14-30-21)23-12-18(24(28)27-20-5-3-2-4-6-20)10-17-8-7-16(13-26-25)9-22(17)23/h2-14H,15H2,1H3,(H,27,28). The molecule has 0 saturated heterocycles. The van der Waals surface area contributed by atoms with Gasteiger partial charge in [-0.05, 0) is 0 Å². The first-order chi connectivity index (χ1) is 14.7. The number of para-hydroxylation sites is 1. The van der Waals surface area contributed by atoms with E-state index in [0.29, 0.717) is 12.2 Å². The maximum atomic E-state index is 12.9. The predicted molar refractivity (Wildman–Crippen MR) is 120 cm³/mol. The summed E-state index contributed by atoms with van der Waals surface area (Å²) in [4.78, 5) is 12.9. The molecule has 0 spiro atoms. The number of hydrogen-bond donors (Lipinski definition) is 1. The Morgan fingerprint density at radius 1 is 1.13 bits per heavy atom. The van der Waals surface area contributed by atoms with E-state index in [1.54, 1.807) is 19.6 Å². The second-order valence-electron chi connectivity index (χ2n) is 6.80. The molecule has 0 aliphatic carbocycles. The Hall–Kier alpha value is -3.14. The van der Waals surface area contributed by atoms with Crippen molar-refractivity contribution in [3.63, 3.8) is 0 Å². The van der Waals surface area contributed by atoms with Gasteiger partial charge in [0.1, 0.15) is 0 Å². The molecule has 0 saturated carbocycles. The third kappa shape index (κ3) is 4.38. The summed E-state index contributed by atoms with van der Waals surface area (Å²) in [7, 11) is 1.63. The van der Waals surface area contributed by atoms with Gasteiger partial charge >= 0.3 is 165 Å². The van der Waals surface area contributed by atoms with E-state index >= 15 is 0 Å². The molecule has 6 heteroatoms. The number of benzene rings is 3. The van der Waals surface area contributed by atoms with Gasteiger partial charge in [-0.15, -0.1) is 0 Å². The van der Waals surface area contributed by atoms with Gasteiger partial charge in [0.05, 0.1) is 0 Å².